The maximum Gasteiger partial charge on any atom is 0.0897 e. The summed E-state index contributed by atoms with van der Waals surface area (Å²) in [6.07, 6.45) is 3.46. The molecule has 1 rings (SSSR count). The van der Waals surface area contributed by atoms with Crippen LogP contribution in [0.4, 0.5) is 0 Å². The van der Waals surface area contributed by atoms with E-state index in [2.05, 4.69) is 31.1 Å². The summed E-state index contributed by atoms with van der Waals surface area (Å²) >= 11 is 1.74. The van der Waals surface area contributed by atoms with Crippen LogP contribution in [-0.2, 0) is 0 Å². The molecule has 1 aromatic heterocycles. The van der Waals surface area contributed by atoms with Crippen molar-refractivity contribution in [3.63, 3.8) is 0 Å². The van der Waals surface area contributed by atoms with Gasteiger partial charge in [0.1, 0.15) is 0 Å². The predicted octanol–water partition coefficient (Wildman–Crippen LogP) is 3.56. The van der Waals surface area contributed by atoms with Gasteiger partial charge in [0.15, 0.2) is 0 Å². The number of rotatable bonds is 4. The third-order valence-corrected chi connectivity index (χ3v) is 2.82. The minimum absolute atomic E-state index is 0.608. The molecular weight excluding hydrogens is 166 g/mol. The van der Waals surface area contributed by atoms with Gasteiger partial charge in [0.25, 0.3) is 0 Å². The number of hydrogen-bond donors (Lipinski definition) is 0. The molecule has 0 fully saturated rings. The first-order valence-corrected chi connectivity index (χ1v) is 5.33. The summed E-state index contributed by atoms with van der Waals surface area (Å²) in [7, 11) is 0. The van der Waals surface area contributed by atoms with Gasteiger partial charge < -0.3 is 0 Å². The third kappa shape index (κ3) is 2.59. The van der Waals surface area contributed by atoms with E-state index in [0.717, 1.165) is 6.42 Å². The maximum atomic E-state index is 4.46. The highest BCUT2D eigenvalue weighted by atomic mass is 32.1. The number of unbranched alkanes of at least 4 members (excludes halogenated alkanes) is 1. The number of hydrogen-bond acceptors (Lipinski definition) is 2. The number of thiazole rings is 1. The Kier molecular flexibility index (Phi) is 3.73. The Morgan fingerprint density at radius 2 is 2.42 bits per heavy atom. The van der Waals surface area contributed by atoms with Gasteiger partial charge in [0.05, 0.1) is 10.7 Å². The Morgan fingerprint density at radius 1 is 1.67 bits per heavy atom. The minimum atomic E-state index is 0.608. The van der Waals surface area contributed by atoms with E-state index in [0.29, 0.717) is 5.92 Å². The molecule has 0 aliphatic rings. The average Bonchev–Trinajstić information content (AvgIpc) is 2.47. The fourth-order valence-electron chi connectivity index (χ4n) is 1.20. The molecule has 0 bridgehead atoms. The average molecular weight is 182 g/mol. The van der Waals surface area contributed by atoms with Crippen LogP contribution < -0.4 is 0 Å². The normalized spacial score (nSPS) is 13.2. The van der Waals surface area contributed by atoms with Crippen molar-refractivity contribution < 1.29 is 0 Å². The molecule has 1 heterocycles. The topological polar surface area (TPSA) is 12.9 Å². The van der Waals surface area contributed by atoms with Crippen LogP contribution in [-0.4, -0.2) is 4.98 Å². The molecule has 0 aliphatic carbocycles. The van der Waals surface area contributed by atoms with Gasteiger partial charge in [-0.1, -0.05) is 26.7 Å². The van der Waals surface area contributed by atoms with E-state index in [1.807, 2.05) is 0 Å². The lowest BCUT2D eigenvalue weighted by Gasteiger charge is -2.06. The quantitative estimate of drug-likeness (QED) is 0.694. The lowest BCUT2D eigenvalue weighted by Crippen LogP contribution is -1.93. The molecule has 0 aromatic carbocycles. The van der Waals surface area contributed by atoms with Gasteiger partial charge in [0.2, 0.25) is 0 Å². The van der Waals surface area contributed by atoms with E-state index < -0.39 is 0 Å². The number of aromatic nitrogens is 1. The second kappa shape index (κ2) is 4.61. The summed E-state index contributed by atoms with van der Waals surface area (Å²) in [5, 5.41) is 3.34. The Labute approximate surface area is 78.8 Å². The number of aryl methyl sites for hydroxylation is 1. The molecular formula is C10H16NS. The maximum absolute atomic E-state index is 4.46. The highest BCUT2D eigenvalue weighted by Gasteiger charge is 2.07. The van der Waals surface area contributed by atoms with E-state index in [9.17, 15) is 0 Å². The first kappa shape index (κ1) is 9.72. The minimum Gasteiger partial charge on any atom is -0.246 e. The van der Waals surface area contributed by atoms with Crippen LogP contribution in [0.25, 0.3) is 0 Å². The van der Waals surface area contributed by atoms with Gasteiger partial charge in [-0.15, -0.1) is 11.3 Å². The van der Waals surface area contributed by atoms with Crippen molar-refractivity contribution in [1.29, 1.82) is 0 Å². The fraction of sp³-hybridized carbons (Fsp3) is 0.600. The monoisotopic (exact) mass is 182 g/mol. The molecule has 0 N–H and O–H groups in total. The zero-order valence-corrected chi connectivity index (χ0v) is 8.66. The summed E-state index contributed by atoms with van der Waals surface area (Å²) < 4.78 is 0. The molecule has 0 aliphatic heterocycles. The van der Waals surface area contributed by atoms with Gasteiger partial charge in [-0.25, -0.2) is 4.98 Å². The fourth-order valence-corrected chi connectivity index (χ4v) is 1.94. The van der Waals surface area contributed by atoms with Gasteiger partial charge in [0, 0.05) is 5.38 Å². The molecule has 0 saturated carbocycles. The SMILES string of the molecule is [CH2]CCCC(C)c1csc(C)n1. The summed E-state index contributed by atoms with van der Waals surface area (Å²) in [5.74, 6) is 0.608. The van der Waals surface area contributed by atoms with E-state index >= 15 is 0 Å². The van der Waals surface area contributed by atoms with E-state index in [4.69, 9.17) is 0 Å². The molecule has 0 amide bonds. The van der Waals surface area contributed by atoms with Crippen LogP contribution in [0.5, 0.6) is 0 Å². The zero-order chi connectivity index (χ0) is 8.97. The van der Waals surface area contributed by atoms with Crippen LogP contribution in [0.3, 0.4) is 0 Å². The molecule has 0 spiro atoms. The predicted molar refractivity (Wildman–Crippen MR) is 54.5 cm³/mol. The summed E-state index contributed by atoms with van der Waals surface area (Å²) in [5.41, 5.74) is 1.26. The Hall–Kier alpha value is -0.370. The van der Waals surface area contributed by atoms with Gasteiger partial charge >= 0.3 is 0 Å². The Bertz CT molecular complexity index is 229. The van der Waals surface area contributed by atoms with Crippen LogP contribution in [0.1, 0.15) is 42.8 Å². The highest BCUT2D eigenvalue weighted by Crippen LogP contribution is 2.22. The molecule has 0 saturated heterocycles. The van der Waals surface area contributed by atoms with Gasteiger partial charge in [-0.2, -0.15) is 0 Å². The van der Waals surface area contributed by atoms with E-state index in [-0.39, 0.29) is 0 Å². The first-order chi connectivity index (χ1) is 5.74. The van der Waals surface area contributed by atoms with Gasteiger partial charge in [-0.3, -0.25) is 0 Å². The van der Waals surface area contributed by atoms with Crippen molar-refractivity contribution in [3.05, 3.63) is 23.0 Å². The lowest BCUT2D eigenvalue weighted by atomic mass is 10.0. The second-order valence-electron chi connectivity index (χ2n) is 3.19. The van der Waals surface area contributed by atoms with Crippen LogP contribution in [0.2, 0.25) is 0 Å². The number of nitrogens with zero attached hydrogens (tertiary/aromatic N) is 1. The Balaban J connectivity index is 2.47. The smallest absolute Gasteiger partial charge is 0.0897 e. The summed E-state index contributed by atoms with van der Waals surface area (Å²) in [6, 6.07) is 0. The van der Waals surface area contributed by atoms with Crippen LogP contribution in [0.15, 0.2) is 5.38 Å². The summed E-state index contributed by atoms with van der Waals surface area (Å²) in [6.45, 7) is 8.14. The molecule has 1 nitrogen and oxygen atoms in total. The standard InChI is InChI=1S/C10H16NS/c1-4-5-6-8(2)10-7-12-9(3)11-10/h7-8H,1,4-6H2,2-3H3. The first-order valence-electron chi connectivity index (χ1n) is 4.45. The Morgan fingerprint density at radius 3 is 2.92 bits per heavy atom. The third-order valence-electron chi connectivity index (χ3n) is 2.03. The molecule has 1 aromatic rings. The van der Waals surface area contributed by atoms with Crippen molar-refractivity contribution in [2.75, 3.05) is 0 Å². The molecule has 2 heteroatoms. The van der Waals surface area contributed by atoms with Crippen LogP contribution in [0, 0.1) is 13.8 Å². The van der Waals surface area contributed by atoms with Crippen molar-refractivity contribution >= 4 is 11.3 Å². The highest BCUT2D eigenvalue weighted by molar-refractivity contribution is 7.09. The van der Waals surface area contributed by atoms with E-state index in [1.165, 1.54) is 23.5 Å². The molecule has 1 radical (unpaired) electrons. The van der Waals surface area contributed by atoms with Crippen LogP contribution >= 0.6 is 11.3 Å². The van der Waals surface area contributed by atoms with Crippen molar-refractivity contribution in [3.8, 4) is 0 Å². The van der Waals surface area contributed by atoms with Crippen molar-refractivity contribution in [1.82, 2.24) is 4.98 Å². The molecule has 1 unspecified atom stereocenters. The van der Waals surface area contributed by atoms with Crippen molar-refractivity contribution in [2.24, 2.45) is 0 Å². The zero-order valence-electron chi connectivity index (χ0n) is 7.84. The largest absolute Gasteiger partial charge is 0.246 e. The second-order valence-corrected chi connectivity index (χ2v) is 4.25. The van der Waals surface area contributed by atoms with Gasteiger partial charge in [-0.05, 0) is 19.3 Å². The van der Waals surface area contributed by atoms with Crippen molar-refractivity contribution in [2.45, 2.75) is 39.0 Å². The molecule has 67 valence electrons. The lowest BCUT2D eigenvalue weighted by molar-refractivity contribution is 0.627. The summed E-state index contributed by atoms with van der Waals surface area (Å²) in [4.78, 5) is 4.46. The molecule has 1 atom stereocenters. The van der Waals surface area contributed by atoms with E-state index in [1.54, 1.807) is 11.3 Å². The molecule has 12 heavy (non-hydrogen) atoms.